The van der Waals surface area contributed by atoms with Crippen molar-refractivity contribution in [1.29, 1.82) is 0 Å². The van der Waals surface area contributed by atoms with Gasteiger partial charge in [-0.2, -0.15) is 5.10 Å². The highest BCUT2D eigenvalue weighted by molar-refractivity contribution is 6.32. The fourth-order valence-corrected chi connectivity index (χ4v) is 3.96. The Morgan fingerprint density at radius 3 is 2.41 bits per heavy atom. The fraction of sp³-hybridized carbons (Fsp3) is 0.393. The van der Waals surface area contributed by atoms with Crippen LogP contribution in [0.4, 0.5) is 16.3 Å². The lowest BCUT2D eigenvalue weighted by Crippen LogP contribution is -2.41. The van der Waals surface area contributed by atoms with Crippen LogP contribution in [0.3, 0.4) is 0 Å². The summed E-state index contributed by atoms with van der Waals surface area (Å²) in [5.41, 5.74) is 1.59. The number of hydrogen-bond donors (Lipinski definition) is 2. The molecule has 10 nitrogen and oxygen atoms in total. The molecule has 2 N–H and O–H groups in total. The second-order valence-electron chi connectivity index (χ2n) is 9.84. The van der Waals surface area contributed by atoms with E-state index in [1.165, 1.54) is 12.0 Å². The van der Waals surface area contributed by atoms with Gasteiger partial charge in [0.05, 0.1) is 36.3 Å². The number of para-hydroxylation sites is 1. The van der Waals surface area contributed by atoms with Crippen molar-refractivity contribution in [1.82, 2.24) is 14.7 Å². The zero-order valence-electron chi connectivity index (χ0n) is 23.2. The minimum atomic E-state index is -0.459. The number of carbonyl (C=O) groups excluding carboxylic acids is 2. The van der Waals surface area contributed by atoms with Gasteiger partial charge in [-0.3, -0.25) is 4.79 Å². The summed E-state index contributed by atoms with van der Waals surface area (Å²) in [6.45, 7) is 6.63. The first kappa shape index (κ1) is 29.8. The number of ether oxygens (including phenoxy) is 3. The molecular weight excluding hydrogens is 522 g/mol. The molecule has 210 valence electrons. The highest BCUT2D eigenvalue weighted by Gasteiger charge is 2.24. The Balaban J connectivity index is 1.83. The SMILES string of the molecule is COCCCN(CC(=O)Nc1cc(C(C)(C)C)nn1-c1ccccc1Cl)C(=O)Nc1ccc(OC)cc1OC. The summed E-state index contributed by atoms with van der Waals surface area (Å²) in [5.74, 6) is 1.08. The molecular formula is C28H36ClN5O5. The van der Waals surface area contributed by atoms with E-state index in [9.17, 15) is 9.59 Å². The van der Waals surface area contributed by atoms with Crippen LogP contribution in [0.2, 0.25) is 5.02 Å². The number of hydrogen-bond acceptors (Lipinski definition) is 6. The van der Waals surface area contributed by atoms with E-state index in [-0.39, 0.29) is 12.0 Å². The normalized spacial score (nSPS) is 11.2. The van der Waals surface area contributed by atoms with E-state index in [1.807, 2.05) is 45.0 Å². The number of nitrogens with zero attached hydrogens (tertiary/aromatic N) is 3. The molecule has 0 aliphatic carbocycles. The minimum absolute atomic E-state index is 0.202. The molecule has 2 aromatic carbocycles. The number of aromatic nitrogens is 2. The molecule has 0 atom stereocenters. The van der Waals surface area contributed by atoms with Gasteiger partial charge in [0.2, 0.25) is 5.91 Å². The Morgan fingerprint density at radius 1 is 1.03 bits per heavy atom. The molecule has 0 saturated carbocycles. The molecule has 3 rings (SSSR count). The third-order valence-corrected chi connectivity index (χ3v) is 6.19. The third kappa shape index (κ3) is 7.87. The molecule has 11 heteroatoms. The smallest absolute Gasteiger partial charge is 0.322 e. The Kier molecular flexibility index (Phi) is 10.2. The number of nitrogens with one attached hydrogen (secondary N) is 2. The molecule has 1 aromatic heterocycles. The van der Waals surface area contributed by atoms with E-state index < -0.39 is 11.9 Å². The lowest BCUT2D eigenvalue weighted by molar-refractivity contribution is -0.116. The number of methoxy groups -OCH3 is 3. The minimum Gasteiger partial charge on any atom is -0.497 e. The summed E-state index contributed by atoms with van der Waals surface area (Å²) in [6, 6.07) is 13.7. The largest absolute Gasteiger partial charge is 0.497 e. The van der Waals surface area contributed by atoms with Crippen molar-refractivity contribution in [3.8, 4) is 17.2 Å². The molecule has 3 amide bonds. The number of halogens is 1. The summed E-state index contributed by atoms with van der Waals surface area (Å²) in [4.78, 5) is 27.9. The van der Waals surface area contributed by atoms with Crippen LogP contribution >= 0.6 is 11.6 Å². The van der Waals surface area contributed by atoms with Gasteiger partial charge in [-0.1, -0.05) is 44.5 Å². The van der Waals surface area contributed by atoms with Gasteiger partial charge < -0.3 is 29.7 Å². The average molecular weight is 558 g/mol. The van der Waals surface area contributed by atoms with Gasteiger partial charge in [-0.05, 0) is 30.7 Å². The molecule has 0 radical (unpaired) electrons. The van der Waals surface area contributed by atoms with Gasteiger partial charge >= 0.3 is 6.03 Å². The van der Waals surface area contributed by atoms with Crippen molar-refractivity contribution in [2.24, 2.45) is 0 Å². The topological polar surface area (TPSA) is 107 Å². The zero-order chi connectivity index (χ0) is 28.6. The van der Waals surface area contributed by atoms with Crippen LogP contribution in [0.5, 0.6) is 11.5 Å². The zero-order valence-corrected chi connectivity index (χ0v) is 24.0. The summed E-state index contributed by atoms with van der Waals surface area (Å²) >= 11 is 6.44. The molecule has 3 aromatic rings. The molecule has 0 aliphatic rings. The first-order chi connectivity index (χ1) is 18.6. The Labute approximate surface area is 234 Å². The van der Waals surface area contributed by atoms with Crippen molar-refractivity contribution >= 4 is 35.0 Å². The number of urea groups is 1. The number of anilines is 2. The standard InChI is InChI=1S/C28H36ClN5O5/c1-28(2,3)24-17-25(34(32-24)22-11-8-7-10-20(22)29)31-26(35)18-33(14-9-15-37-4)27(36)30-21-13-12-19(38-5)16-23(21)39-6/h7-8,10-13,16-17H,9,14-15,18H2,1-6H3,(H,30,36)(H,31,35). The van der Waals surface area contributed by atoms with Crippen molar-refractivity contribution in [2.75, 3.05) is 51.7 Å². The monoisotopic (exact) mass is 557 g/mol. The highest BCUT2D eigenvalue weighted by atomic mass is 35.5. The molecule has 0 unspecified atom stereocenters. The maximum Gasteiger partial charge on any atom is 0.322 e. The lowest BCUT2D eigenvalue weighted by atomic mass is 9.92. The summed E-state index contributed by atoms with van der Waals surface area (Å²) in [6.07, 6.45) is 0.544. The van der Waals surface area contributed by atoms with Crippen LogP contribution in [0, 0.1) is 0 Å². The van der Waals surface area contributed by atoms with E-state index in [4.69, 9.17) is 30.9 Å². The first-order valence-electron chi connectivity index (χ1n) is 12.5. The van der Waals surface area contributed by atoms with Crippen LogP contribution in [0.15, 0.2) is 48.5 Å². The van der Waals surface area contributed by atoms with Gasteiger partial charge in [-0.15, -0.1) is 0 Å². The number of amides is 3. The van der Waals surface area contributed by atoms with E-state index in [2.05, 4.69) is 10.6 Å². The Hall–Kier alpha value is -3.76. The van der Waals surface area contributed by atoms with Crippen LogP contribution in [0.1, 0.15) is 32.9 Å². The van der Waals surface area contributed by atoms with Crippen LogP contribution in [-0.2, 0) is 14.9 Å². The maximum absolute atomic E-state index is 13.3. The van der Waals surface area contributed by atoms with Crippen molar-refractivity contribution in [2.45, 2.75) is 32.6 Å². The van der Waals surface area contributed by atoms with E-state index in [1.54, 1.807) is 43.2 Å². The summed E-state index contributed by atoms with van der Waals surface area (Å²) in [5, 5.41) is 10.9. The third-order valence-electron chi connectivity index (χ3n) is 5.87. The number of rotatable bonds is 11. The van der Waals surface area contributed by atoms with Crippen molar-refractivity contribution in [3.63, 3.8) is 0 Å². The van der Waals surface area contributed by atoms with E-state index >= 15 is 0 Å². The number of benzene rings is 2. The highest BCUT2D eigenvalue weighted by Crippen LogP contribution is 2.30. The molecule has 0 saturated heterocycles. The summed E-state index contributed by atoms with van der Waals surface area (Å²) < 4.78 is 17.4. The quantitative estimate of drug-likeness (QED) is 0.308. The first-order valence-corrected chi connectivity index (χ1v) is 12.9. The molecule has 0 aliphatic heterocycles. The summed E-state index contributed by atoms with van der Waals surface area (Å²) in [7, 11) is 4.63. The van der Waals surface area contributed by atoms with Crippen LogP contribution in [-0.4, -0.2) is 67.6 Å². The van der Waals surface area contributed by atoms with Gasteiger partial charge in [0.1, 0.15) is 23.9 Å². The van der Waals surface area contributed by atoms with Crippen molar-refractivity contribution in [3.05, 3.63) is 59.2 Å². The van der Waals surface area contributed by atoms with E-state index in [0.717, 1.165) is 5.69 Å². The molecule has 0 bridgehead atoms. The molecule has 0 spiro atoms. The Morgan fingerprint density at radius 2 is 1.77 bits per heavy atom. The lowest BCUT2D eigenvalue weighted by Gasteiger charge is -2.23. The maximum atomic E-state index is 13.3. The second kappa shape index (κ2) is 13.3. The fourth-order valence-electron chi connectivity index (χ4n) is 3.75. The molecule has 1 heterocycles. The van der Waals surface area contributed by atoms with Gasteiger partial charge in [0.25, 0.3) is 0 Å². The predicted molar refractivity (Wildman–Crippen MR) is 153 cm³/mol. The molecule has 39 heavy (non-hydrogen) atoms. The second-order valence-corrected chi connectivity index (χ2v) is 10.2. The molecule has 0 fully saturated rings. The van der Waals surface area contributed by atoms with Crippen LogP contribution in [0.25, 0.3) is 5.69 Å². The van der Waals surface area contributed by atoms with Gasteiger partial charge in [-0.25, -0.2) is 9.48 Å². The van der Waals surface area contributed by atoms with Gasteiger partial charge in [0, 0.05) is 37.8 Å². The average Bonchev–Trinajstić information content (AvgIpc) is 3.32. The van der Waals surface area contributed by atoms with E-state index in [0.29, 0.717) is 53.3 Å². The van der Waals surface area contributed by atoms with Crippen molar-refractivity contribution < 1.29 is 23.8 Å². The Bertz CT molecular complexity index is 1290. The van der Waals surface area contributed by atoms with Gasteiger partial charge in [0.15, 0.2) is 0 Å². The predicted octanol–water partition coefficient (Wildman–Crippen LogP) is 5.35. The number of carbonyl (C=O) groups is 2. The van der Waals surface area contributed by atoms with Crippen LogP contribution < -0.4 is 20.1 Å².